The number of ether oxygens (including phenoxy) is 2. The molecule has 0 saturated carbocycles. The molecule has 4 aliphatic heterocycles. The van der Waals surface area contributed by atoms with Gasteiger partial charge in [-0.25, -0.2) is 4.98 Å². The van der Waals surface area contributed by atoms with Crippen LogP contribution in [0, 0.1) is 29.6 Å². The number of morpholine rings is 1. The van der Waals surface area contributed by atoms with Gasteiger partial charge in [-0.1, -0.05) is 36.9 Å². The molecule has 1 amide bonds. The van der Waals surface area contributed by atoms with Crippen LogP contribution in [0.2, 0.25) is 0 Å². The summed E-state index contributed by atoms with van der Waals surface area (Å²) in [6.45, 7) is 11.8. The molecule has 0 N–H and O–H groups in total. The van der Waals surface area contributed by atoms with Gasteiger partial charge in [0, 0.05) is 61.9 Å². The van der Waals surface area contributed by atoms with Crippen molar-refractivity contribution in [2.45, 2.75) is 57.3 Å². The molecule has 10 heteroatoms. The van der Waals surface area contributed by atoms with Crippen LogP contribution in [0.15, 0.2) is 49.1 Å². The third-order valence-corrected chi connectivity index (χ3v) is 10.3. The number of carbonyl (C=O) groups excluding carboxylic acids is 1. The quantitative estimate of drug-likeness (QED) is 0.252. The Kier molecular flexibility index (Phi) is 8.72. The first-order valence-corrected chi connectivity index (χ1v) is 16.7. The Morgan fingerprint density at radius 3 is 2.74 bits per heavy atom. The van der Waals surface area contributed by atoms with Gasteiger partial charge in [-0.2, -0.15) is 10.5 Å². The van der Waals surface area contributed by atoms with Crippen LogP contribution < -0.4 is 14.5 Å². The van der Waals surface area contributed by atoms with Gasteiger partial charge >= 0.3 is 0 Å². The molecule has 3 saturated heterocycles. The number of aromatic nitrogens is 1. The molecule has 5 heterocycles. The Bertz CT molecular complexity index is 1770. The number of carbonyl (C=O) groups is 1. The molecule has 2 aromatic carbocycles. The number of fused-ring (bicyclic) bond motifs is 4. The van der Waals surface area contributed by atoms with E-state index in [1.165, 1.54) is 28.1 Å². The van der Waals surface area contributed by atoms with Gasteiger partial charge in [-0.15, -0.1) is 0 Å². The zero-order valence-corrected chi connectivity index (χ0v) is 27.0. The number of likely N-dealkylation sites (tertiary alicyclic amines) is 1. The largest absolute Gasteiger partial charge is 0.477 e. The number of nitriles is 2. The summed E-state index contributed by atoms with van der Waals surface area (Å²) in [7, 11) is 0. The Balaban J connectivity index is 1.21. The number of amides is 1. The zero-order chi connectivity index (χ0) is 32.5. The first kappa shape index (κ1) is 31.0. The van der Waals surface area contributed by atoms with E-state index in [0.717, 1.165) is 56.0 Å². The maximum atomic E-state index is 12.7. The molecule has 0 aliphatic carbocycles. The topological polar surface area (TPSA) is 109 Å². The summed E-state index contributed by atoms with van der Waals surface area (Å²) >= 11 is 0. The summed E-state index contributed by atoms with van der Waals surface area (Å²) < 4.78 is 12.1. The Morgan fingerprint density at radius 1 is 1.15 bits per heavy atom. The van der Waals surface area contributed by atoms with Crippen molar-refractivity contribution in [3.05, 3.63) is 71.4 Å². The second-order valence-corrected chi connectivity index (χ2v) is 13.0. The maximum Gasteiger partial charge on any atom is 0.246 e. The fraction of sp³-hybridized carbons (Fsp3) is 0.459. The highest BCUT2D eigenvalue weighted by atomic mass is 16.5. The molecule has 3 atom stereocenters. The number of nitrogens with zero attached hydrogens (tertiary/aromatic N) is 7. The molecular weight excluding hydrogens is 590 g/mol. The molecule has 10 nitrogen and oxygen atoms in total. The highest BCUT2D eigenvalue weighted by Crippen LogP contribution is 2.40. The van der Waals surface area contributed by atoms with E-state index in [9.17, 15) is 15.3 Å². The molecule has 242 valence electrons. The van der Waals surface area contributed by atoms with Crippen LogP contribution in [0.3, 0.4) is 0 Å². The van der Waals surface area contributed by atoms with Gasteiger partial charge < -0.3 is 24.2 Å². The number of aryl methyl sites for hydroxylation is 1. The number of pyridine rings is 1. The van der Waals surface area contributed by atoms with Gasteiger partial charge in [-0.05, 0) is 49.3 Å². The average Bonchev–Trinajstić information content (AvgIpc) is 3.73. The Labute approximate surface area is 276 Å². The van der Waals surface area contributed by atoms with Gasteiger partial charge in [0.1, 0.15) is 11.6 Å². The molecule has 3 fully saturated rings. The van der Waals surface area contributed by atoms with E-state index in [4.69, 9.17) is 14.5 Å². The standard InChI is InChI=1S/C37H41N7O3/c1-3-34(45)44-17-16-43(21-27(44)11-13-38)36-30-12-15-42(33-10-5-9-26-8-4-7-25(2)35(26)33)23-32(30)40-37(31(36)20-39)46-18-6-14-41-22-29-19-28(41)24-47-29/h3-5,7-10,27-29H,1,6,11-12,14-19,21-24H2,2H3/t27-,28-,29-/m0/s1. The van der Waals surface area contributed by atoms with Crippen LogP contribution in [0.5, 0.6) is 5.88 Å². The molecule has 2 bridgehead atoms. The van der Waals surface area contributed by atoms with Crippen molar-refractivity contribution < 1.29 is 14.3 Å². The monoisotopic (exact) mass is 631 g/mol. The molecule has 3 aromatic rings. The van der Waals surface area contributed by atoms with E-state index in [0.29, 0.717) is 62.8 Å². The number of piperazine rings is 1. The van der Waals surface area contributed by atoms with Crippen LogP contribution in [0.1, 0.15) is 41.6 Å². The Morgan fingerprint density at radius 2 is 2.00 bits per heavy atom. The summed E-state index contributed by atoms with van der Waals surface area (Å²) in [6.07, 6.45) is 4.52. The van der Waals surface area contributed by atoms with Crippen LogP contribution >= 0.6 is 0 Å². The van der Waals surface area contributed by atoms with Gasteiger partial charge in [-0.3, -0.25) is 9.69 Å². The molecule has 4 aliphatic rings. The van der Waals surface area contributed by atoms with Crippen molar-refractivity contribution >= 4 is 28.1 Å². The minimum atomic E-state index is -0.308. The minimum absolute atomic E-state index is 0.176. The van der Waals surface area contributed by atoms with Crippen LogP contribution in [0.25, 0.3) is 10.8 Å². The van der Waals surface area contributed by atoms with E-state index in [-0.39, 0.29) is 18.4 Å². The van der Waals surface area contributed by atoms with Gasteiger partial charge in [0.2, 0.25) is 11.8 Å². The van der Waals surface area contributed by atoms with E-state index in [1.807, 2.05) is 0 Å². The fourth-order valence-corrected chi connectivity index (χ4v) is 8.00. The van der Waals surface area contributed by atoms with E-state index in [1.54, 1.807) is 4.90 Å². The summed E-state index contributed by atoms with van der Waals surface area (Å²) in [5.74, 6) is 0.190. The molecule has 0 radical (unpaired) electrons. The molecule has 0 unspecified atom stereocenters. The van der Waals surface area contributed by atoms with Crippen molar-refractivity contribution in [3.8, 4) is 18.0 Å². The van der Waals surface area contributed by atoms with Crippen molar-refractivity contribution in [2.24, 2.45) is 0 Å². The first-order valence-electron chi connectivity index (χ1n) is 16.7. The van der Waals surface area contributed by atoms with Crippen molar-refractivity contribution in [1.29, 1.82) is 10.5 Å². The summed E-state index contributed by atoms with van der Waals surface area (Å²) in [5, 5.41) is 22.7. The summed E-state index contributed by atoms with van der Waals surface area (Å²) in [4.78, 5) is 26.5. The molecular formula is C37H41N7O3. The SMILES string of the molecule is C=CC(=O)N1CCN(c2c(C#N)c(OCCCN3C[C@@H]4C[C@H]3CO4)nc3c2CCN(c2cccc4cccc(C)c24)C3)C[C@@H]1CC#N. The average molecular weight is 632 g/mol. The van der Waals surface area contributed by atoms with E-state index < -0.39 is 0 Å². The lowest BCUT2D eigenvalue weighted by atomic mass is 9.95. The van der Waals surface area contributed by atoms with Crippen molar-refractivity contribution in [3.63, 3.8) is 0 Å². The minimum Gasteiger partial charge on any atom is -0.477 e. The van der Waals surface area contributed by atoms with Gasteiger partial charge in [0.05, 0.1) is 55.8 Å². The zero-order valence-electron chi connectivity index (χ0n) is 27.0. The molecule has 1 aromatic heterocycles. The van der Waals surface area contributed by atoms with E-state index in [2.05, 4.69) is 76.7 Å². The van der Waals surface area contributed by atoms with Crippen molar-refractivity contribution in [1.82, 2.24) is 14.8 Å². The second kappa shape index (κ2) is 13.2. The van der Waals surface area contributed by atoms with E-state index >= 15 is 0 Å². The fourth-order valence-electron chi connectivity index (χ4n) is 8.00. The second-order valence-electron chi connectivity index (χ2n) is 13.0. The van der Waals surface area contributed by atoms with Crippen LogP contribution in [-0.4, -0.2) is 91.4 Å². The highest BCUT2D eigenvalue weighted by molar-refractivity contribution is 5.97. The number of hydrogen-bond donors (Lipinski definition) is 0. The summed E-state index contributed by atoms with van der Waals surface area (Å²) in [6, 6.07) is 17.7. The first-order chi connectivity index (χ1) is 23.0. The lowest BCUT2D eigenvalue weighted by Crippen LogP contribution is -2.55. The van der Waals surface area contributed by atoms with Crippen LogP contribution in [0.4, 0.5) is 11.4 Å². The summed E-state index contributed by atoms with van der Waals surface area (Å²) in [5.41, 5.74) is 5.64. The lowest BCUT2D eigenvalue weighted by Gasteiger charge is -2.43. The third kappa shape index (κ3) is 5.88. The normalized spacial score (nSPS) is 22.2. The van der Waals surface area contributed by atoms with Crippen molar-refractivity contribution in [2.75, 3.05) is 62.3 Å². The Hall–Kier alpha value is -4.64. The van der Waals surface area contributed by atoms with Gasteiger partial charge in [0.25, 0.3) is 0 Å². The third-order valence-electron chi connectivity index (χ3n) is 10.3. The van der Waals surface area contributed by atoms with Crippen LogP contribution in [-0.2, 0) is 22.5 Å². The predicted octanol–water partition coefficient (Wildman–Crippen LogP) is 4.34. The molecule has 47 heavy (non-hydrogen) atoms. The highest BCUT2D eigenvalue weighted by Gasteiger charge is 2.38. The molecule has 0 spiro atoms. The number of rotatable bonds is 9. The smallest absolute Gasteiger partial charge is 0.246 e. The molecule has 7 rings (SSSR count). The number of hydrogen-bond acceptors (Lipinski definition) is 9. The predicted molar refractivity (Wildman–Crippen MR) is 180 cm³/mol. The van der Waals surface area contributed by atoms with Gasteiger partial charge in [0.15, 0.2) is 0 Å². The number of anilines is 2. The number of benzene rings is 2. The maximum absolute atomic E-state index is 12.7. The lowest BCUT2D eigenvalue weighted by molar-refractivity contribution is -0.128.